The molecule has 1 saturated heterocycles. The van der Waals surface area contributed by atoms with E-state index in [1.54, 1.807) is 0 Å². The van der Waals surface area contributed by atoms with Gasteiger partial charge in [0.2, 0.25) is 0 Å². The van der Waals surface area contributed by atoms with Crippen LogP contribution in [0, 0.1) is 5.92 Å². The Labute approximate surface area is 78.6 Å². The molecular weight excluding hydrogens is 170 g/mol. The summed E-state index contributed by atoms with van der Waals surface area (Å²) >= 11 is 0. The average molecular weight is 187 g/mol. The number of hydrogen-bond acceptors (Lipinski definition) is 4. The molecule has 0 bridgehead atoms. The fourth-order valence-electron chi connectivity index (χ4n) is 1.25. The standard InChI is InChI=1S/C9H17NO3/c1-6(2)8(9(11)12-3)10-7-4-13-5-7/h6-8,10H,4-5H2,1-3H3/t8-/m0/s1. The van der Waals surface area contributed by atoms with Gasteiger partial charge in [0, 0.05) is 0 Å². The van der Waals surface area contributed by atoms with Crippen LogP contribution in [-0.4, -0.2) is 38.4 Å². The number of carbonyl (C=O) groups is 1. The smallest absolute Gasteiger partial charge is 0.323 e. The van der Waals surface area contributed by atoms with E-state index in [4.69, 9.17) is 9.47 Å². The molecule has 0 aromatic carbocycles. The molecule has 1 aliphatic heterocycles. The Morgan fingerprint density at radius 3 is 2.46 bits per heavy atom. The van der Waals surface area contributed by atoms with Gasteiger partial charge in [-0.05, 0) is 5.92 Å². The van der Waals surface area contributed by atoms with E-state index in [-0.39, 0.29) is 17.9 Å². The molecule has 1 rings (SSSR count). The molecule has 0 unspecified atom stereocenters. The molecule has 1 heterocycles. The summed E-state index contributed by atoms with van der Waals surface area (Å²) in [5.41, 5.74) is 0. The Morgan fingerprint density at radius 1 is 1.54 bits per heavy atom. The highest BCUT2D eigenvalue weighted by Gasteiger charge is 2.28. The molecule has 1 atom stereocenters. The highest BCUT2D eigenvalue weighted by Crippen LogP contribution is 2.08. The largest absolute Gasteiger partial charge is 0.468 e. The maximum absolute atomic E-state index is 11.3. The van der Waals surface area contributed by atoms with E-state index in [0.717, 1.165) is 0 Å². The van der Waals surface area contributed by atoms with Crippen molar-refractivity contribution in [1.82, 2.24) is 5.32 Å². The number of carbonyl (C=O) groups excluding carboxylic acids is 1. The zero-order valence-electron chi connectivity index (χ0n) is 8.37. The molecule has 0 aliphatic carbocycles. The van der Waals surface area contributed by atoms with Gasteiger partial charge in [-0.3, -0.25) is 10.1 Å². The first-order valence-corrected chi connectivity index (χ1v) is 4.56. The second-order valence-electron chi connectivity index (χ2n) is 3.65. The van der Waals surface area contributed by atoms with Crippen LogP contribution < -0.4 is 5.32 Å². The molecule has 13 heavy (non-hydrogen) atoms. The lowest BCUT2D eigenvalue weighted by Crippen LogP contribution is -2.54. The highest BCUT2D eigenvalue weighted by atomic mass is 16.5. The van der Waals surface area contributed by atoms with Gasteiger partial charge in [0.15, 0.2) is 0 Å². The fourth-order valence-corrected chi connectivity index (χ4v) is 1.25. The van der Waals surface area contributed by atoms with Crippen LogP contribution in [0.4, 0.5) is 0 Å². The Hall–Kier alpha value is -0.610. The SMILES string of the molecule is COC(=O)[C@@H](NC1COC1)C(C)C. The number of hydrogen-bond donors (Lipinski definition) is 1. The van der Waals surface area contributed by atoms with Crippen molar-refractivity contribution in [3.05, 3.63) is 0 Å². The minimum Gasteiger partial charge on any atom is -0.468 e. The van der Waals surface area contributed by atoms with Crippen molar-refractivity contribution in [1.29, 1.82) is 0 Å². The van der Waals surface area contributed by atoms with E-state index in [1.165, 1.54) is 7.11 Å². The molecule has 1 aliphatic rings. The van der Waals surface area contributed by atoms with Crippen molar-refractivity contribution in [2.75, 3.05) is 20.3 Å². The van der Waals surface area contributed by atoms with Crippen molar-refractivity contribution in [3.8, 4) is 0 Å². The van der Waals surface area contributed by atoms with E-state index in [1.807, 2.05) is 13.8 Å². The molecule has 0 saturated carbocycles. The summed E-state index contributed by atoms with van der Waals surface area (Å²) < 4.78 is 9.72. The molecule has 4 nitrogen and oxygen atoms in total. The van der Waals surface area contributed by atoms with E-state index in [9.17, 15) is 4.79 Å². The molecule has 0 aromatic rings. The van der Waals surface area contributed by atoms with Crippen molar-refractivity contribution >= 4 is 5.97 Å². The van der Waals surface area contributed by atoms with Gasteiger partial charge >= 0.3 is 5.97 Å². The van der Waals surface area contributed by atoms with Crippen molar-refractivity contribution < 1.29 is 14.3 Å². The topological polar surface area (TPSA) is 47.6 Å². The summed E-state index contributed by atoms with van der Waals surface area (Å²) in [5, 5.41) is 3.20. The average Bonchev–Trinajstić information content (AvgIpc) is 2.00. The zero-order chi connectivity index (χ0) is 9.84. The lowest BCUT2D eigenvalue weighted by Gasteiger charge is -2.31. The fraction of sp³-hybridized carbons (Fsp3) is 0.889. The Balaban J connectivity index is 2.41. The summed E-state index contributed by atoms with van der Waals surface area (Å²) in [6, 6.07) is 0.102. The molecule has 0 radical (unpaired) electrons. The first-order chi connectivity index (χ1) is 6.15. The summed E-state index contributed by atoms with van der Waals surface area (Å²) in [6.07, 6.45) is 0. The monoisotopic (exact) mass is 187 g/mol. The van der Waals surface area contributed by atoms with Gasteiger partial charge in [0.25, 0.3) is 0 Å². The van der Waals surface area contributed by atoms with Crippen LogP contribution in [0.2, 0.25) is 0 Å². The molecule has 0 amide bonds. The van der Waals surface area contributed by atoms with Gasteiger partial charge < -0.3 is 9.47 Å². The maximum atomic E-state index is 11.3. The molecule has 76 valence electrons. The Bertz CT molecular complexity index is 178. The van der Waals surface area contributed by atoms with Crippen LogP contribution in [0.25, 0.3) is 0 Å². The van der Waals surface area contributed by atoms with Crippen LogP contribution in [0.3, 0.4) is 0 Å². The summed E-state index contributed by atoms with van der Waals surface area (Å²) in [6.45, 7) is 5.38. The zero-order valence-corrected chi connectivity index (χ0v) is 8.37. The van der Waals surface area contributed by atoms with Crippen LogP contribution in [0.1, 0.15) is 13.8 Å². The summed E-state index contributed by atoms with van der Waals surface area (Å²) in [5.74, 6) is 0.0509. The van der Waals surface area contributed by atoms with Gasteiger partial charge in [0.1, 0.15) is 6.04 Å². The van der Waals surface area contributed by atoms with Crippen LogP contribution in [0.5, 0.6) is 0 Å². The van der Waals surface area contributed by atoms with Gasteiger partial charge in [-0.2, -0.15) is 0 Å². The van der Waals surface area contributed by atoms with E-state index < -0.39 is 0 Å². The summed E-state index contributed by atoms with van der Waals surface area (Å²) in [7, 11) is 1.41. The number of esters is 1. The molecule has 0 aromatic heterocycles. The van der Waals surface area contributed by atoms with Crippen molar-refractivity contribution in [2.24, 2.45) is 5.92 Å². The lowest BCUT2D eigenvalue weighted by molar-refractivity contribution is -0.145. The van der Waals surface area contributed by atoms with Crippen molar-refractivity contribution in [2.45, 2.75) is 25.9 Å². The van der Waals surface area contributed by atoms with Gasteiger partial charge in [-0.15, -0.1) is 0 Å². The molecule has 4 heteroatoms. The lowest BCUT2D eigenvalue weighted by atomic mass is 10.0. The Morgan fingerprint density at radius 2 is 2.15 bits per heavy atom. The number of nitrogens with one attached hydrogen (secondary N) is 1. The van der Waals surface area contributed by atoms with E-state index in [0.29, 0.717) is 19.3 Å². The minimum atomic E-state index is -0.209. The number of rotatable bonds is 4. The molecule has 1 fully saturated rings. The third kappa shape index (κ3) is 2.67. The molecular formula is C9H17NO3. The van der Waals surface area contributed by atoms with Gasteiger partial charge in [-0.1, -0.05) is 13.8 Å². The maximum Gasteiger partial charge on any atom is 0.323 e. The highest BCUT2D eigenvalue weighted by molar-refractivity contribution is 5.76. The number of ether oxygens (including phenoxy) is 2. The normalized spacial score (nSPS) is 19.7. The minimum absolute atomic E-state index is 0.193. The van der Waals surface area contributed by atoms with E-state index >= 15 is 0 Å². The molecule has 1 N–H and O–H groups in total. The predicted octanol–water partition coefficient (Wildman–Crippen LogP) is 0.172. The predicted molar refractivity (Wildman–Crippen MR) is 48.4 cm³/mol. The van der Waals surface area contributed by atoms with Gasteiger partial charge in [0.05, 0.1) is 26.4 Å². The Kier molecular flexibility index (Phi) is 3.69. The second kappa shape index (κ2) is 4.58. The van der Waals surface area contributed by atoms with Crippen molar-refractivity contribution in [3.63, 3.8) is 0 Å². The van der Waals surface area contributed by atoms with Crippen LogP contribution in [0.15, 0.2) is 0 Å². The van der Waals surface area contributed by atoms with E-state index in [2.05, 4.69) is 5.32 Å². The van der Waals surface area contributed by atoms with Crippen LogP contribution in [-0.2, 0) is 14.3 Å². The van der Waals surface area contributed by atoms with Gasteiger partial charge in [-0.25, -0.2) is 0 Å². The third-order valence-electron chi connectivity index (χ3n) is 2.18. The summed E-state index contributed by atoms with van der Waals surface area (Å²) in [4.78, 5) is 11.3. The second-order valence-corrected chi connectivity index (χ2v) is 3.65. The first kappa shape index (κ1) is 10.5. The third-order valence-corrected chi connectivity index (χ3v) is 2.18. The van der Waals surface area contributed by atoms with Crippen LogP contribution >= 0.6 is 0 Å². The number of methoxy groups -OCH3 is 1. The quantitative estimate of drug-likeness (QED) is 0.637. The molecule has 0 spiro atoms. The first-order valence-electron chi connectivity index (χ1n) is 4.56.